The summed E-state index contributed by atoms with van der Waals surface area (Å²) in [4.78, 5) is 12.9. The molecule has 0 aliphatic heterocycles. The van der Waals surface area contributed by atoms with Crippen molar-refractivity contribution in [1.82, 2.24) is 4.90 Å². The number of nitrogens with zero attached hydrogens (tertiary/aromatic N) is 1. The molecule has 0 fully saturated rings. The van der Waals surface area contributed by atoms with E-state index in [4.69, 9.17) is 10.5 Å². The fourth-order valence-corrected chi connectivity index (χ4v) is 0.915. The summed E-state index contributed by atoms with van der Waals surface area (Å²) in [5.41, 5.74) is 5.32. The number of nitrogens with two attached hydrogens (primary N) is 1. The normalized spacial score (nSPS) is 10.1. The van der Waals surface area contributed by atoms with Crippen molar-refractivity contribution in [3.63, 3.8) is 0 Å². The van der Waals surface area contributed by atoms with E-state index in [1.54, 1.807) is 11.9 Å². The van der Waals surface area contributed by atoms with Gasteiger partial charge in [-0.15, -0.1) is 0 Å². The summed E-state index contributed by atoms with van der Waals surface area (Å²) in [6.07, 6.45) is 1.45. The third kappa shape index (κ3) is 6.54. The minimum Gasteiger partial charge on any atom is -0.381 e. The van der Waals surface area contributed by atoms with Crippen molar-refractivity contribution >= 4 is 5.91 Å². The highest BCUT2D eigenvalue weighted by molar-refractivity contribution is 5.75. The lowest BCUT2D eigenvalue weighted by Gasteiger charge is -2.15. The molecule has 2 N–H and O–H groups in total. The number of likely N-dealkylation sites (N-methyl/N-ethyl adjacent to an activating group) is 1. The van der Waals surface area contributed by atoms with Crippen molar-refractivity contribution in [2.75, 3.05) is 33.4 Å². The van der Waals surface area contributed by atoms with Gasteiger partial charge in [0.15, 0.2) is 0 Å². The first-order valence-corrected chi connectivity index (χ1v) is 4.74. The van der Waals surface area contributed by atoms with Crippen molar-refractivity contribution in [1.29, 1.82) is 0 Å². The van der Waals surface area contributed by atoms with E-state index < -0.39 is 0 Å². The lowest BCUT2D eigenvalue weighted by Crippen LogP contribution is -2.32. The number of hydrogen-bond donors (Lipinski definition) is 1. The third-order valence-corrected chi connectivity index (χ3v) is 1.70. The van der Waals surface area contributed by atoms with E-state index in [1.807, 2.05) is 6.92 Å². The molecule has 0 aromatic carbocycles. The highest BCUT2D eigenvalue weighted by Crippen LogP contribution is 1.91. The quantitative estimate of drug-likeness (QED) is 0.581. The van der Waals surface area contributed by atoms with Gasteiger partial charge in [-0.1, -0.05) is 6.92 Å². The maximum absolute atomic E-state index is 11.3. The Hall–Kier alpha value is -0.610. The van der Waals surface area contributed by atoms with E-state index in [1.165, 1.54) is 0 Å². The van der Waals surface area contributed by atoms with E-state index in [2.05, 4.69) is 0 Å². The summed E-state index contributed by atoms with van der Waals surface area (Å²) < 4.78 is 5.20. The van der Waals surface area contributed by atoms with E-state index in [0.29, 0.717) is 26.1 Å². The van der Waals surface area contributed by atoms with Gasteiger partial charge in [0.1, 0.15) is 0 Å². The van der Waals surface area contributed by atoms with Crippen molar-refractivity contribution in [3.8, 4) is 0 Å². The van der Waals surface area contributed by atoms with Crippen LogP contribution in [0.4, 0.5) is 0 Å². The second kappa shape index (κ2) is 8.01. The molecule has 0 aliphatic carbocycles. The minimum absolute atomic E-state index is 0.0987. The molecular formula is C9H20N2O2. The molecule has 1 amide bonds. The lowest BCUT2D eigenvalue weighted by molar-refractivity contribution is -0.130. The molecule has 0 saturated carbocycles. The van der Waals surface area contributed by atoms with Crippen molar-refractivity contribution in [2.24, 2.45) is 5.73 Å². The van der Waals surface area contributed by atoms with Crippen LogP contribution in [0.15, 0.2) is 0 Å². The fraction of sp³-hybridized carbons (Fsp3) is 0.889. The second-order valence-electron chi connectivity index (χ2n) is 2.97. The van der Waals surface area contributed by atoms with Crippen LogP contribution in [-0.2, 0) is 9.53 Å². The van der Waals surface area contributed by atoms with Gasteiger partial charge in [0, 0.05) is 26.7 Å². The summed E-state index contributed by atoms with van der Waals surface area (Å²) in [5, 5.41) is 0. The number of ether oxygens (including phenoxy) is 1. The van der Waals surface area contributed by atoms with E-state index >= 15 is 0 Å². The average Bonchev–Trinajstić information content (AvgIpc) is 2.12. The van der Waals surface area contributed by atoms with Gasteiger partial charge in [-0.05, 0) is 6.42 Å². The zero-order chi connectivity index (χ0) is 10.1. The van der Waals surface area contributed by atoms with Gasteiger partial charge < -0.3 is 15.4 Å². The smallest absolute Gasteiger partial charge is 0.224 e. The van der Waals surface area contributed by atoms with Crippen LogP contribution in [0, 0.1) is 0 Å². The molecule has 0 aromatic heterocycles. The minimum atomic E-state index is 0.0987. The third-order valence-electron chi connectivity index (χ3n) is 1.70. The van der Waals surface area contributed by atoms with Gasteiger partial charge in [0.05, 0.1) is 13.0 Å². The van der Waals surface area contributed by atoms with Crippen LogP contribution in [0.25, 0.3) is 0 Å². The first-order valence-electron chi connectivity index (χ1n) is 4.74. The maximum Gasteiger partial charge on any atom is 0.224 e. The summed E-state index contributed by atoms with van der Waals surface area (Å²) in [7, 11) is 1.76. The summed E-state index contributed by atoms with van der Waals surface area (Å²) in [6.45, 7) is 4.42. The molecule has 0 saturated heterocycles. The van der Waals surface area contributed by atoms with Crippen LogP contribution in [0.1, 0.15) is 19.8 Å². The SMILES string of the molecule is CCCOCCC(=O)N(C)CCN. The molecule has 0 atom stereocenters. The number of amides is 1. The molecule has 0 aromatic rings. The molecule has 0 spiro atoms. The molecule has 0 heterocycles. The summed E-state index contributed by atoms with van der Waals surface area (Å²) >= 11 is 0. The second-order valence-corrected chi connectivity index (χ2v) is 2.97. The molecular weight excluding hydrogens is 168 g/mol. The lowest BCUT2D eigenvalue weighted by atomic mass is 10.4. The van der Waals surface area contributed by atoms with Crippen molar-refractivity contribution in [3.05, 3.63) is 0 Å². The largest absolute Gasteiger partial charge is 0.381 e. The Morgan fingerprint density at radius 1 is 1.46 bits per heavy atom. The Balaban J connectivity index is 3.38. The molecule has 0 rings (SSSR count). The molecule has 4 nitrogen and oxygen atoms in total. The van der Waals surface area contributed by atoms with Crippen LogP contribution in [-0.4, -0.2) is 44.2 Å². The Kier molecular flexibility index (Phi) is 7.63. The van der Waals surface area contributed by atoms with E-state index in [9.17, 15) is 4.79 Å². The Labute approximate surface area is 80.0 Å². The molecule has 4 heteroatoms. The first kappa shape index (κ1) is 12.4. The number of carbonyl (C=O) groups excluding carboxylic acids is 1. The average molecular weight is 188 g/mol. The molecule has 0 bridgehead atoms. The Morgan fingerprint density at radius 3 is 2.69 bits per heavy atom. The van der Waals surface area contributed by atoms with Crippen LogP contribution in [0.5, 0.6) is 0 Å². The van der Waals surface area contributed by atoms with Gasteiger partial charge in [-0.2, -0.15) is 0 Å². The topological polar surface area (TPSA) is 55.6 Å². The number of hydrogen-bond acceptors (Lipinski definition) is 3. The molecule has 13 heavy (non-hydrogen) atoms. The zero-order valence-corrected chi connectivity index (χ0v) is 8.58. The predicted octanol–water partition coefficient (Wildman–Crippen LogP) is 0.220. The molecule has 0 unspecified atom stereocenters. The van der Waals surface area contributed by atoms with Gasteiger partial charge in [-0.25, -0.2) is 0 Å². The zero-order valence-electron chi connectivity index (χ0n) is 8.58. The van der Waals surface area contributed by atoms with E-state index in [0.717, 1.165) is 13.0 Å². The number of rotatable bonds is 7. The standard InChI is InChI=1S/C9H20N2O2/c1-3-7-13-8-4-9(12)11(2)6-5-10/h3-8,10H2,1-2H3. The maximum atomic E-state index is 11.3. The molecule has 0 radical (unpaired) electrons. The summed E-state index contributed by atoms with van der Waals surface area (Å²) in [5.74, 6) is 0.0987. The summed E-state index contributed by atoms with van der Waals surface area (Å²) in [6, 6.07) is 0. The monoisotopic (exact) mass is 188 g/mol. The van der Waals surface area contributed by atoms with Crippen LogP contribution < -0.4 is 5.73 Å². The van der Waals surface area contributed by atoms with Crippen molar-refractivity contribution in [2.45, 2.75) is 19.8 Å². The van der Waals surface area contributed by atoms with Gasteiger partial charge in [-0.3, -0.25) is 4.79 Å². The Morgan fingerprint density at radius 2 is 2.15 bits per heavy atom. The fourth-order valence-electron chi connectivity index (χ4n) is 0.915. The van der Waals surface area contributed by atoms with Crippen molar-refractivity contribution < 1.29 is 9.53 Å². The highest BCUT2D eigenvalue weighted by Gasteiger charge is 2.06. The Bertz CT molecular complexity index is 140. The van der Waals surface area contributed by atoms with E-state index in [-0.39, 0.29) is 5.91 Å². The number of carbonyl (C=O) groups is 1. The van der Waals surface area contributed by atoms with Crippen LogP contribution >= 0.6 is 0 Å². The van der Waals surface area contributed by atoms with Crippen LogP contribution in [0.2, 0.25) is 0 Å². The molecule has 78 valence electrons. The predicted molar refractivity (Wildman–Crippen MR) is 52.4 cm³/mol. The van der Waals surface area contributed by atoms with Gasteiger partial charge >= 0.3 is 0 Å². The highest BCUT2D eigenvalue weighted by atomic mass is 16.5. The first-order chi connectivity index (χ1) is 6.22. The molecule has 0 aliphatic rings. The van der Waals surface area contributed by atoms with Gasteiger partial charge in [0.2, 0.25) is 5.91 Å². The van der Waals surface area contributed by atoms with Gasteiger partial charge in [0.25, 0.3) is 0 Å². The van der Waals surface area contributed by atoms with Crippen LogP contribution in [0.3, 0.4) is 0 Å².